The predicted octanol–water partition coefficient (Wildman–Crippen LogP) is 0.469. The smallest absolute Gasteiger partial charge is 0.221 e. The highest BCUT2D eigenvalue weighted by Gasteiger charge is 2.18. The molecule has 0 spiro atoms. The van der Waals surface area contributed by atoms with Gasteiger partial charge in [0.05, 0.1) is 32.2 Å². The standard InChI is InChI=1S/C15H22N6O3/c1-10(14(16)20-15(17)18-2)24-12-8-13(22-3)19-9-11(12)21-4-6-23-7-5-21/h8-9H,2,4-7,16H2,1,3H3,(H2,17,20)/b14-10+. The molecule has 0 bridgehead atoms. The third kappa shape index (κ3) is 4.35. The minimum absolute atomic E-state index is 0.0313. The van der Waals surface area contributed by atoms with Crippen LogP contribution in [-0.2, 0) is 4.74 Å². The van der Waals surface area contributed by atoms with Gasteiger partial charge in [-0.05, 0) is 13.6 Å². The summed E-state index contributed by atoms with van der Waals surface area (Å²) in [5.41, 5.74) is 12.2. The van der Waals surface area contributed by atoms with Crippen LogP contribution in [-0.4, -0.2) is 51.1 Å². The molecule has 9 heteroatoms. The number of rotatable bonds is 5. The van der Waals surface area contributed by atoms with Crippen molar-refractivity contribution in [3.63, 3.8) is 0 Å². The maximum absolute atomic E-state index is 5.88. The molecule has 1 saturated heterocycles. The van der Waals surface area contributed by atoms with Crippen molar-refractivity contribution < 1.29 is 14.2 Å². The Kier molecular flexibility index (Phi) is 5.96. The Morgan fingerprint density at radius 3 is 2.71 bits per heavy atom. The number of nitrogens with two attached hydrogens (primary N) is 2. The number of pyridine rings is 1. The molecule has 24 heavy (non-hydrogen) atoms. The van der Waals surface area contributed by atoms with Gasteiger partial charge in [0.1, 0.15) is 5.76 Å². The lowest BCUT2D eigenvalue weighted by Gasteiger charge is -2.30. The van der Waals surface area contributed by atoms with Crippen molar-refractivity contribution in [3.8, 4) is 11.6 Å². The molecule has 1 aliphatic rings. The monoisotopic (exact) mass is 334 g/mol. The van der Waals surface area contributed by atoms with Crippen LogP contribution in [0, 0.1) is 0 Å². The number of aliphatic imine (C=N–C) groups is 2. The molecular formula is C15H22N6O3. The van der Waals surface area contributed by atoms with Crippen LogP contribution in [0.15, 0.2) is 33.8 Å². The van der Waals surface area contributed by atoms with Crippen molar-refractivity contribution in [2.75, 3.05) is 38.3 Å². The quantitative estimate of drug-likeness (QED) is 0.456. The lowest BCUT2D eigenvalue weighted by molar-refractivity contribution is 0.122. The number of allylic oxidation sites excluding steroid dienone is 1. The molecule has 1 aromatic rings. The van der Waals surface area contributed by atoms with E-state index in [4.69, 9.17) is 25.7 Å². The van der Waals surface area contributed by atoms with E-state index in [1.165, 1.54) is 0 Å². The largest absolute Gasteiger partial charge is 0.481 e. The molecule has 130 valence electrons. The van der Waals surface area contributed by atoms with Gasteiger partial charge in [0.15, 0.2) is 11.6 Å². The number of ether oxygens (including phenoxy) is 3. The van der Waals surface area contributed by atoms with E-state index in [0.29, 0.717) is 30.6 Å². The first-order valence-corrected chi connectivity index (χ1v) is 7.37. The zero-order valence-corrected chi connectivity index (χ0v) is 13.9. The first kappa shape index (κ1) is 17.5. The fourth-order valence-corrected chi connectivity index (χ4v) is 2.10. The van der Waals surface area contributed by atoms with Crippen LogP contribution in [0.25, 0.3) is 0 Å². The number of morpholine rings is 1. The van der Waals surface area contributed by atoms with E-state index in [0.717, 1.165) is 18.8 Å². The van der Waals surface area contributed by atoms with Gasteiger partial charge < -0.3 is 30.6 Å². The van der Waals surface area contributed by atoms with Crippen molar-refractivity contribution in [2.24, 2.45) is 21.5 Å². The highest BCUT2D eigenvalue weighted by atomic mass is 16.5. The van der Waals surface area contributed by atoms with Crippen LogP contribution >= 0.6 is 0 Å². The first-order chi connectivity index (χ1) is 11.5. The van der Waals surface area contributed by atoms with Crippen LogP contribution in [0.4, 0.5) is 5.69 Å². The Morgan fingerprint density at radius 2 is 2.08 bits per heavy atom. The van der Waals surface area contributed by atoms with Gasteiger partial charge in [-0.15, -0.1) is 0 Å². The van der Waals surface area contributed by atoms with E-state index in [2.05, 4.69) is 26.6 Å². The van der Waals surface area contributed by atoms with Crippen molar-refractivity contribution in [1.82, 2.24) is 4.98 Å². The second-order valence-electron chi connectivity index (χ2n) is 4.97. The summed E-state index contributed by atoms with van der Waals surface area (Å²) >= 11 is 0. The van der Waals surface area contributed by atoms with E-state index in [1.54, 1.807) is 26.3 Å². The average Bonchev–Trinajstić information content (AvgIpc) is 2.62. The van der Waals surface area contributed by atoms with Crippen LogP contribution in [0.5, 0.6) is 11.6 Å². The Hall–Kier alpha value is -2.81. The van der Waals surface area contributed by atoms with Gasteiger partial charge in [0.2, 0.25) is 11.8 Å². The van der Waals surface area contributed by atoms with E-state index in [9.17, 15) is 0 Å². The number of guanidine groups is 1. The molecular weight excluding hydrogens is 312 g/mol. The number of hydrogen-bond donors (Lipinski definition) is 2. The first-order valence-electron chi connectivity index (χ1n) is 7.37. The fraction of sp³-hybridized carbons (Fsp3) is 0.400. The van der Waals surface area contributed by atoms with E-state index in [-0.39, 0.29) is 11.8 Å². The average molecular weight is 334 g/mol. The van der Waals surface area contributed by atoms with Gasteiger partial charge in [-0.25, -0.2) is 9.98 Å². The predicted molar refractivity (Wildman–Crippen MR) is 92.5 cm³/mol. The van der Waals surface area contributed by atoms with Crippen molar-refractivity contribution in [3.05, 3.63) is 23.8 Å². The van der Waals surface area contributed by atoms with E-state index >= 15 is 0 Å². The number of hydrogen-bond acceptors (Lipinski definition) is 7. The second-order valence-corrected chi connectivity index (χ2v) is 4.97. The minimum atomic E-state index is -0.0313. The second kappa shape index (κ2) is 8.16. The Labute approximate surface area is 140 Å². The number of anilines is 1. The Morgan fingerprint density at radius 1 is 1.38 bits per heavy atom. The molecule has 0 atom stereocenters. The number of aromatic nitrogens is 1. The van der Waals surface area contributed by atoms with Crippen molar-refractivity contribution >= 4 is 18.4 Å². The highest BCUT2D eigenvalue weighted by Crippen LogP contribution is 2.32. The SMILES string of the molecule is C=NC(N)=N/C(N)=C(\C)Oc1cc(OC)ncc1N1CCOCC1. The lowest BCUT2D eigenvalue weighted by atomic mass is 10.3. The third-order valence-electron chi connectivity index (χ3n) is 3.40. The maximum Gasteiger partial charge on any atom is 0.221 e. The summed E-state index contributed by atoms with van der Waals surface area (Å²) in [7, 11) is 1.54. The molecule has 2 heterocycles. The van der Waals surface area contributed by atoms with Gasteiger partial charge in [0, 0.05) is 19.2 Å². The third-order valence-corrected chi connectivity index (χ3v) is 3.40. The van der Waals surface area contributed by atoms with Crippen molar-refractivity contribution in [2.45, 2.75) is 6.92 Å². The van der Waals surface area contributed by atoms with Crippen LogP contribution < -0.4 is 25.8 Å². The molecule has 0 aliphatic carbocycles. The summed E-state index contributed by atoms with van der Waals surface area (Å²) in [6, 6.07) is 1.69. The van der Waals surface area contributed by atoms with E-state index < -0.39 is 0 Å². The molecule has 1 fully saturated rings. The molecule has 2 rings (SSSR count). The van der Waals surface area contributed by atoms with Gasteiger partial charge >= 0.3 is 0 Å². The Balaban J connectivity index is 2.32. The number of nitrogens with zero attached hydrogens (tertiary/aromatic N) is 4. The van der Waals surface area contributed by atoms with Gasteiger partial charge in [-0.3, -0.25) is 0 Å². The fourth-order valence-electron chi connectivity index (χ4n) is 2.10. The molecule has 9 nitrogen and oxygen atoms in total. The molecule has 0 aromatic carbocycles. The van der Waals surface area contributed by atoms with Gasteiger partial charge in [-0.2, -0.15) is 4.99 Å². The summed E-state index contributed by atoms with van der Waals surface area (Å²) < 4.78 is 16.4. The van der Waals surface area contributed by atoms with Crippen LogP contribution in [0.3, 0.4) is 0 Å². The molecule has 1 aromatic heterocycles. The lowest BCUT2D eigenvalue weighted by Crippen LogP contribution is -2.36. The van der Waals surface area contributed by atoms with Gasteiger partial charge in [-0.1, -0.05) is 0 Å². The highest BCUT2D eigenvalue weighted by molar-refractivity contribution is 5.83. The summed E-state index contributed by atoms with van der Waals surface area (Å²) in [5, 5.41) is 0. The number of methoxy groups -OCH3 is 1. The van der Waals surface area contributed by atoms with E-state index in [1.807, 2.05) is 0 Å². The zero-order valence-electron chi connectivity index (χ0n) is 13.9. The molecule has 0 unspecified atom stereocenters. The summed E-state index contributed by atoms with van der Waals surface area (Å²) in [4.78, 5) is 13.8. The molecule has 0 amide bonds. The molecule has 4 N–H and O–H groups in total. The summed E-state index contributed by atoms with van der Waals surface area (Å²) in [6.07, 6.45) is 1.70. The zero-order chi connectivity index (χ0) is 17.5. The summed E-state index contributed by atoms with van der Waals surface area (Å²) in [5.74, 6) is 1.46. The normalized spacial score (nSPS) is 16.4. The van der Waals surface area contributed by atoms with Gasteiger partial charge in [0.25, 0.3) is 0 Å². The minimum Gasteiger partial charge on any atom is -0.481 e. The Bertz CT molecular complexity index is 653. The van der Waals surface area contributed by atoms with Crippen LogP contribution in [0.2, 0.25) is 0 Å². The molecule has 0 radical (unpaired) electrons. The topological polar surface area (TPSA) is 121 Å². The molecule has 1 aliphatic heterocycles. The maximum atomic E-state index is 5.88. The van der Waals surface area contributed by atoms with Crippen LogP contribution in [0.1, 0.15) is 6.92 Å². The molecule has 0 saturated carbocycles. The van der Waals surface area contributed by atoms with Crippen molar-refractivity contribution in [1.29, 1.82) is 0 Å². The summed E-state index contributed by atoms with van der Waals surface area (Å²) in [6.45, 7) is 7.76.